The molecule has 49 heavy (non-hydrogen) atoms. The summed E-state index contributed by atoms with van der Waals surface area (Å²) in [6, 6.07) is 41.5. The summed E-state index contributed by atoms with van der Waals surface area (Å²) in [5, 5.41) is 4.37. The van der Waals surface area contributed by atoms with Crippen molar-refractivity contribution in [2.24, 2.45) is 7.05 Å². The Morgan fingerprint density at radius 3 is 2.08 bits per heavy atom. The van der Waals surface area contributed by atoms with Crippen LogP contribution in [0, 0.1) is 32.3 Å². The van der Waals surface area contributed by atoms with Gasteiger partial charge in [0.15, 0.2) is 0 Å². The monoisotopic (exact) mass is 819 g/mol. The predicted molar refractivity (Wildman–Crippen MR) is 190 cm³/mol. The number of imidazole rings is 1. The standard InChI is InChI=1S/C30H24BN2O2.C11H11N2.Ir/c1-30(2,3)19-10-9-11-20(16-19)33-18-32(4)28-23(33)17-26-27-29(28)35-25-15-8-6-13-22(25)31(27)21-12-5-7-14-24(21)34-26;1-9-8-10(2)13(12-9)11-6-4-3-5-7-11;/h5-10,12-17H,1-4H3;3-6,8H,1-2H3;/q2*-1;+3. The molecule has 2 aliphatic heterocycles. The van der Waals surface area contributed by atoms with Crippen LogP contribution in [0.1, 0.15) is 37.7 Å². The van der Waals surface area contributed by atoms with E-state index in [1.165, 1.54) is 5.56 Å². The minimum absolute atomic E-state index is 0. The molecule has 0 unspecified atom stereocenters. The number of aryl methyl sites for hydroxylation is 3. The number of hydrogen-bond acceptors (Lipinski definition) is 3. The minimum atomic E-state index is 0. The van der Waals surface area contributed by atoms with Gasteiger partial charge in [-0.05, 0) is 60.1 Å². The van der Waals surface area contributed by atoms with Crippen molar-refractivity contribution in [3.05, 3.63) is 139 Å². The van der Waals surface area contributed by atoms with Crippen LogP contribution < -0.4 is 30.4 Å². The molecule has 0 saturated heterocycles. The number of rotatable bonds is 2. The summed E-state index contributed by atoms with van der Waals surface area (Å²) in [7, 11) is 2.02. The molecule has 7 aromatic rings. The largest absolute Gasteiger partial charge is 3.00 e. The Balaban J connectivity index is 0.000000228. The van der Waals surface area contributed by atoms with Gasteiger partial charge in [-0.25, -0.2) is 0 Å². The molecule has 9 rings (SSSR count). The topological polar surface area (TPSA) is 45.1 Å². The van der Waals surface area contributed by atoms with Gasteiger partial charge in [-0.2, -0.15) is 59.2 Å². The van der Waals surface area contributed by atoms with E-state index in [1.54, 1.807) is 0 Å². The van der Waals surface area contributed by atoms with Crippen LogP contribution in [0.5, 0.6) is 23.0 Å². The van der Waals surface area contributed by atoms with Crippen LogP contribution in [0.4, 0.5) is 0 Å². The molecule has 0 radical (unpaired) electrons. The van der Waals surface area contributed by atoms with Gasteiger partial charge in [-0.3, -0.25) is 4.68 Å². The Morgan fingerprint density at radius 2 is 1.43 bits per heavy atom. The molecule has 8 heteroatoms. The smallest absolute Gasteiger partial charge is 0.464 e. The van der Waals surface area contributed by atoms with Crippen molar-refractivity contribution in [1.82, 2.24) is 14.3 Å². The van der Waals surface area contributed by atoms with E-state index < -0.39 is 0 Å². The molecule has 0 spiro atoms. The molecule has 0 aliphatic carbocycles. The summed E-state index contributed by atoms with van der Waals surface area (Å²) >= 11 is 0. The summed E-state index contributed by atoms with van der Waals surface area (Å²) in [6.45, 7) is 10.8. The van der Waals surface area contributed by atoms with E-state index >= 15 is 0 Å². The third-order valence-electron chi connectivity index (χ3n) is 9.07. The number of para-hydroxylation sites is 3. The molecule has 5 aromatic carbocycles. The van der Waals surface area contributed by atoms with Crippen LogP contribution in [0.2, 0.25) is 0 Å². The van der Waals surface area contributed by atoms with Gasteiger partial charge in [-0.1, -0.05) is 62.9 Å². The van der Waals surface area contributed by atoms with Gasteiger partial charge in [0.25, 0.3) is 6.71 Å². The molecule has 242 valence electrons. The van der Waals surface area contributed by atoms with Crippen molar-refractivity contribution in [3.63, 3.8) is 0 Å². The fourth-order valence-electron chi connectivity index (χ4n) is 6.79. The predicted octanol–water partition coefficient (Wildman–Crippen LogP) is 6.37. The molecule has 0 N–H and O–H groups in total. The zero-order valence-electron chi connectivity index (χ0n) is 28.3. The third kappa shape index (κ3) is 5.69. The van der Waals surface area contributed by atoms with Crippen LogP contribution in [0.15, 0.2) is 103 Å². The fraction of sp³-hybridized carbons (Fsp3) is 0.171. The van der Waals surface area contributed by atoms with Gasteiger partial charge < -0.3 is 18.6 Å². The van der Waals surface area contributed by atoms with Gasteiger partial charge in [-0.15, -0.1) is 6.07 Å². The first kappa shape index (κ1) is 32.6. The number of nitrogens with zero attached hydrogens (tertiary/aromatic N) is 4. The van der Waals surface area contributed by atoms with E-state index in [0.717, 1.165) is 73.2 Å². The first-order chi connectivity index (χ1) is 23.2. The number of benzene rings is 5. The Kier molecular flexibility index (Phi) is 8.34. The molecule has 4 heterocycles. The molecular formula is C41H35BIrN4O2+. The van der Waals surface area contributed by atoms with Gasteiger partial charge >= 0.3 is 20.1 Å². The van der Waals surface area contributed by atoms with E-state index in [2.05, 4.69) is 103 Å². The quantitative estimate of drug-likeness (QED) is 0.116. The first-order valence-corrected chi connectivity index (χ1v) is 16.2. The maximum atomic E-state index is 6.62. The average molecular weight is 819 g/mol. The van der Waals surface area contributed by atoms with Crippen LogP contribution in [-0.2, 0) is 32.6 Å². The minimum Gasteiger partial charge on any atom is -0.464 e. The Hall–Kier alpha value is -4.91. The number of aromatic nitrogens is 4. The fourth-order valence-corrected chi connectivity index (χ4v) is 6.79. The molecule has 2 aliphatic rings. The summed E-state index contributed by atoms with van der Waals surface area (Å²) in [5.74, 6) is 3.43. The van der Waals surface area contributed by atoms with Crippen LogP contribution in [0.3, 0.4) is 0 Å². The second-order valence-electron chi connectivity index (χ2n) is 13.5. The van der Waals surface area contributed by atoms with Crippen molar-refractivity contribution in [2.45, 2.75) is 40.0 Å². The first-order valence-electron chi connectivity index (χ1n) is 16.2. The maximum absolute atomic E-state index is 6.62. The van der Waals surface area contributed by atoms with Crippen LogP contribution in [0.25, 0.3) is 22.4 Å². The molecule has 0 saturated carbocycles. The van der Waals surface area contributed by atoms with Gasteiger partial charge in [0.05, 0.1) is 18.3 Å². The zero-order valence-corrected chi connectivity index (χ0v) is 30.7. The van der Waals surface area contributed by atoms with Crippen molar-refractivity contribution in [1.29, 1.82) is 0 Å². The second-order valence-corrected chi connectivity index (χ2v) is 13.5. The second kappa shape index (κ2) is 12.5. The Labute approximate surface area is 301 Å². The van der Waals surface area contributed by atoms with Crippen molar-refractivity contribution in [3.8, 4) is 34.4 Å². The van der Waals surface area contributed by atoms with Crippen LogP contribution >= 0.6 is 0 Å². The van der Waals surface area contributed by atoms with Crippen molar-refractivity contribution >= 4 is 34.1 Å². The summed E-state index contributed by atoms with van der Waals surface area (Å²) in [4.78, 5) is 0. The molecule has 0 bridgehead atoms. The summed E-state index contributed by atoms with van der Waals surface area (Å²) in [6.07, 6.45) is 3.50. The number of ether oxygens (including phenoxy) is 2. The van der Waals surface area contributed by atoms with Gasteiger partial charge in [0.2, 0.25) is 6.33 Å². The summed E-state index contributed by atoms with van der Waals surface area (Å²) in [5.41, 5.74) is 10.8. The van der Waals surface area contributed by atoms with Crippen molar-refractivity contribution < 1.29 is 34.1 Å². The molecule has 0 fully saturated rings. The summed E-state index contributed by atoms with van der Waals surface area (Å²) < 4.78 is 19.1. The molecule has 0 atom stereocenters. The molecular weight excluding hydrogens is 784 g/mol. The maximum Gasteiger partial charge on any atom is 3.00 e. The van der Waals surface area contributed by atoms with E-state index in [-0.39, 0.29) is 32.2 Å². The molecule has 2 aromatic heterocycles. The molecule has 0 amide bonds. The van der Waals surface area contributed by atoms with Crippen molar-refractivity contribution in [2.75, 3.05) is 0 Å². The van der Waals surface area contributed by atoms with E-state index in [0.29, 0.717) is 0 Å². The van der Waals surface area contributed by atoms with Gasteiger partial charge in [0.1, 0.15) is 28.5 Å². The SMILES string of the molecule is C[n+]1[c-]n(-c2[c-]ccc(C(C)(C)C)c2)c2cc3c4c(c21)Oc1ccccc1B4c1ccccc1O3.Cc1cc(C)n(-c2[c-]cccc2)n1.[Ir+3]. The van der Waals surface area contributed by atoms with Crippen LogP contribution in [-0.4, -0.2) is 21.1 Å². The Morgan fingerprint density at radius 1 is 0.755 bits per heavy atom. The van der Waals surface area contributed by atoms with E-state index in [4.69, 9.17) is 9.47 Å². The van der Waals surface area contributed by atoms with E-state index in [1.807, 2.05) is 78.7 Å². The number of fused-ring (bicyclic) bond motifs is 6. The molecule has 6 nitrogen and oxygen atoms in total. The number of hydrogen-bond donors (Lipinski definition) is 0. The van der Waals surface area contributed by atoms with Gasteiger partial charge in [0, 0.05) is 11.2 Å². The average Bonchev–Trinajstić information content (AvgIpc) is 3.61. The normalized spacial score (nSPS) is 12.4. The van der Waals surface area contributed by atoms with E-state index in [9.17, 15) is 0 Å². The third-order valence-corrected chi connectivity index (χ3v) is 9.07. The Bertz CT molecular complexity index is 2330. The zero-order chi connectivity index (χ0) is 33.2.